The normalized spacial score (nSPS) is 16.7. The number of carbonyl (C=O) groups is 1. The number of benzene rings is 1. The van der Waals surface area contributed by atoms with Crippen LogP contribution in [0.3, 0.4) is 0 Å². The zero-order valence-corrected chi connectivity index (χ0v) is 16.0. The minimum atomic E-state index is -0.00850. The van der Waals surface area contributed by atoms with Gasteiger partial charge in [-0.15, -0.1) is 0 Å². The van der Waals surface area contributed by atoms with Crippen molar-refractivity contribution in [3.8, 4) is 17.0 Å². The number of carbonyl (C=O) groups excluding carboxylic acids is 1. The number of nitrogens with one attached hydrogen (secondary N) is 1. The molecule has 2 atom stereocenters. The van der Waals surface area contributed by atoms with Crippen LogP contribution in [0.4, 0.5) is 0 Å². The highest BCUT2D eigenvalue weighted by Crippen LogP contribution is 2.33. The van der Waals surface area contributed by atoms with Crippen LogP contribution in [0.15, 0.2) is 24.4 Å². The van der Waals surface area contributed by atoms with E-state index in [2.05, 4.69) is 35.2 Å². The SMILES string of the molecule is CC[C@H](C)CC(=O)NC[C@@H]1Cc2cc(-c3nc(C)cnc3C)ccc2O1. The second kappa shape index (κ2) is 7.85. The molecular formula is C21H27N3O2. The maximum absolute atomic E-state index is 12.0. The molecule has 1 aromatic carbocycles. The monoisotopic (exact) mass is 353 g/mol. The summed E-state index contributed by atoms with van der Waals surface area (Å²) in [5.41, 5.74) is 4.96. The molecule has 3 rings (SSSR count). The van der Waals surface area contributed by atoms with Gasteiger partial charge in [0, 0.05) is 24.6 Å². The van der Waals surface area contributed by atoms with Crippen molar-refractivity contribution in [3.63, 3.8) is 0 Å². The molecule has 0 unspecified atom stereocenters. The molecule has 1 aliphatic heterocycles. The first-order valence-corrected chi connectivity index (χ1v) is 9.33. The van der Waals surface area contributed by atoms with Crippen LogP contribution < -0.4 is 10.1 Å². The van der Waals surface area contributed by atoms with Gasteiger partial charge in [-0.3, -0.25) is 9.78 Å². The standard InChI is InChI=1S/C21H27N3O2/c1-5-13(2)8-20(25)23-12-18-10-17-9-16(6-7-19(17)26-18)21-15(4)22-11-14(3)24-21/h6-7,9,11,13,18H,5,8,10,12H2,1-4H3,(H,23,25)/t13-,18-/m0/s1. The number of hydrogen-bond donors (Lipinski definition) is 1. The molecule has 0 saturated carbocycles. The van der Waals surface area contributed by atoms with Crippen LogP contribution in [0.25, 0.3) is 11.3 Å². The molecule has 1 aromatic heterocycles. The fraction of sp³-hybridized carbons (Fsp3) is 0.476. The molecule has 1 aliphatic rings. The van der Waals surface area contributed by atoms with Crippen LogP contribution in [0.1, 0.15) is 43.6 Å². The molecule has 5 nitrogen and oxygen atoms in total. The van der Waals surface area contributed by atoms with Crippen LogP contribution in [0, 0.1) is 19.8 Å². The van der Waals surface area contributed by atoms with Gasteiger partial charge in [0.05, 0.1) is 23.6 Å². The average molecular weight is 353 g/mol. The summed E-state index contributed by atoms with van der Waals surface area (Å²) in [6.45, 7) is 8.67. The Labute approximate surface area is 155 Å². The highest BCUT2D eigenvalue weighted by atomic mass is 16.5. The summed E-state index contributed by atoms with van der Waals surface area (Å²) in [4.78, 5) is 21.0. The molecule has 0 radical (unpaired) electrons. The van der Waals surface area contributed by atoms with Gasteiger partial charge in [-0.05, 0) is 43.5 Å². The first kappa shape index (κ1) is 18.4. The van der Waals surface area contributed by atoms with E-state index >= 15 is 0 Å². The predicted molar refractivity (Wildman–Crippen MR) is 102 cm³/mol. The summed E-state index contributed by atoms with van der Waals surface area (Å²) < 4.78 is 5.98. The molecule has 138 valence electrons. The Morgan fingerprint density at radius 2 is 2.19 bits per heavy atom. The molecule has 0 saturated heterocycles. The van der Waals surface area contributed by atoms with Crippen LogP contribution in [-0.4, -0.2) is 28.5 Å². The number of aromatic nitrogens is 2. The number of ether oxygens (including phenoxy) is 1. The van der Waals surface area contributed by atoms with E-state index in [0.29, 0.717) is 18.9 Å². The van der Waals surface area contributed by atoms with Gasteiger partial charge in [-0.1, -0.05) is 20.3 Å². The molecule has 1 N–H and O–H groups in total. The summed E-state index contributed by atoms with van der Waals surface area (Å²) in [7, 11) is 0. The summed E-state index contributed by atoms with van der Waals surface area (Å²) >= 11 is 0. The molecule has 2 heterocycles. The fourth-order valence-corrected chi connectivity index (χ4v) is 3.15. The van der Waals surface area contributed by atoms with Crippen LogP contribution in [0.5, 0.6) is 5.75 Å². The van der Waals surface area contributed by atoms with E-state index in [0.717, 1.165) is 46.8 Å². The van der Waals surface area contributed by atoms with E-state index in [-0.39, 0.29) is 12.0 Å². The smallest absolute Gasteiger partial charge is 0.220 e. The number of rotatable bonds is 6. The maximum Gasteiger partial charge on any atom is 0.220 e. The lowest BCUT2D eigenvalue weighted by Crippen LogP contribution is -2.35. The Balaban J connectivity index is 1.65. The summed E-state index contributed by atoms with van der Waals surface area (Å²) in [6.07, 6.45) is 4.17. The Morgan fingerprint density at radius 3 is 2.96 bits per heavy atom. The van der Waals surface area contributed by atoms with Gasteiger partial charge in [0.25, 0.3) is 0 Å². The molecule has 5 heteroatoms. The molecule has 2 aromatic rings. The quantitative estimate of drug-likeness (QED) is 0.861. The lowest BCUT2D eigenvalue weighted by molar-refractivity contribution is -0.122. The molecule has 26 heavy (non-hydrogen) atoms. The van der Waals surface area contributed by atoms with Crippen molar-refractivity contribution < 1.29 is 9.53 Å². The number of amides is 1. The minimum absolute atomic E-state index is 0.00850. The molecule has 0 aliphatic carbocycles. The second-order valence-corrected chi connectivity index (χ2v) is 7.23. The largest absolute Gasteiger partial charge is 0.488 e. The zero-order valence-electron chi connectivity index (χ0n) is 16.0. The number of aryl methyl sites for hydroxylation is 2. The minimum Gasteiger partial charge on any atom is -0.488 e. The van der Waals surface area contributed by atoms with E-state index in [1.807, 2.05) is 26.0 Å². The predicted octanol–water partition coefficient (Wildman–Crippen LogP) is 3.62. The van der Waals surface area contributed by atoms with Crippen molar-refractivity contribution in [1.29, 1.82) is 0 Å². The maximum atomic E-state index is 12.0. The molecule has 0 spiro atoms. The van der Waals surface area contributed by atoms with Crippen molar-refractivity contribution in [2.75, 3.05) is 6.54 Å². The lowest BCUT2D eigenvalue weighted by Gasteiger charge is -2.13. The van der Waals surface area contributed by atoms with Gasteiger partial charge in [-0.25, -0.2) is 4.98 Å². The third kappa shape index (κ3) is 4.21. The van der Waals surface area contributed by atoms with E-state index < -0.39 is 0 Å². The van der Waals surface area contributed by atoms with Crippen molar-refractivity contribution in [1.82, 2.24) is 15.3 Å². The molecule has 0 bridgehead atoms. The third-order valence-corrected chi connectivity index (χ3v) is 4.91. The highest BCUT2D eigenvalue weighted by Gasteiger charge is 2.24. The van der Waals surface area contributed by atoms with Crippen molar-refractivity contribution in [2.45, 2.75) is 53.1 Å². The van der Waals surface area contributed by atoms with Gasteiger partial charge in [-0.2, -0.15) is 0 Å². The van der Waals surface area contributed by atoms with E-state index in [9.17, 15) is 4.79 Å². The van der Waals surface area contributed by atoms with Crippen molar-refractivity contribution in [2.24, 2.45) is 5.92 Å². The second-order valence-electron chi connectivity index (χ2n) is 7.23. The van der Waals surface area contributed by atoms with E-state index in [4.69, 9.17) is 4.74 Å². The first-order chi connectivity index (χ1) is 12.5. The highest BCUT2D eigenvalue weighted by molar-refractivity contribution is 5.76. The summed E-state index contributed by atoms with van der Waals surface area (Å²) in [5.74, 6) is 1.41. The third-order valence-electron chi connectivity index (χ3n) is 4.91. The molecule has 0 fully saturated rings. The summed E-state index contributed by atoms with van der Waals surface area (Å²) in [6, 6.07) is 6.15. The number of fused-ring (bicyclic) bond motifs is 1. The van der Waals surface area contributed by atoms with Gasteiger partial charge in [0.1, 0.15) is 11.9 Å². The lowest BCUT2D eigenvalue weighted by atomic mass is 10.0. The first-order valence-electron chi connectivity index (χ1n) is 9.33. The van der Waals surface area contributed by atoms with Gasteiger partial charge in [0.2, 0.25) is 5.91 Å². The summed E-state index contributed by atoms with van der Waals surface area (Å²) in [5, 5.41) is 3.00. The Morgan fingerprint density at radius 1 is 1.38 bits per heavy atom. The van der Waals surface area contributed by atoms with Gasteiger partial charge in [0.15, 0.2) is 0 Å². The zero-order chi connectivity index (χ0) is 18.7. The van der Waals surface area contributed by atoms with Crippen LogP contribution >= 0.6 is 0 Å². The number of hydrogen-bond acceptors (Lipinski definition) is 4. The van der Waals surface area contributed by atoms with Crippen molar-refractivity contribution in [3.05, 3.63) is 41.3 Å². The number of nitrogens with zero attached hydrogens (tertiary/aromatic N) is 2. The average Bonchev–Trinajstić information content (AvgIpc) is 3.04. The van der Waals surface area contributed by atoms with Gasteiger partial charge < -0.3 is 10.1 Å². The Bertz CT molecular complexity index is 804. The Hall–Kier alpha value is -2.43. The van der Waals surface area contributed by atoms with Crippen LogP contribution in [0.2, 0.25) is 0 Å². The molecule has 1 amide bonds. The van der Waals surface area contributed by atoms with Crippen molar-refractivity contribution >= 4 is 5.91 Å². The van der Waals surface area contributed by atoms with Crippen LogP contribution in [-0.2, 0) is 11.2 Å². The topological polar surface area (TPSA) is 64.1 Å². The van der Waals surface area contributed by atoms with E-state index in [1.54, 1.807) is 6.20 Å². The molecular weight excluding hydrogens is 326 g/mol. The Kier molecular flexibility index (Phi) is 5.55. The fourth-order valence-electron chi connectivity index (χ4n) is 3.15. The van der Waals surface area contributed by atoms with Gasteiger partial charge >= 0.3 is 0 Å². The van der Waals surface area contributed by atoms with E-state index in [1.165, 1.54) is 0 Å².